The van der Waals surface area contributed by atoms with Gasteiger partial charge in [0.2, 0.25) is 5.91 Å². The zero-order valence-electron chi connectivity index (χ0n) is 11.3. The van der Waals surface area contributed by atoms with E-state index in [2.05, 4.69) is 0 Å². The Morgan fingerprint density at radius 1 is 1.35 bits per heavy atom. The van der Waals surface area contributed by atoms with Crippen LogP contribution in [0.5, 0.6) is 0 Å². The Balaban J connectivity index is 2.14. The first-order valence-electron chi connectivity index (χ1n) is 6.67. The van der Waals surface area contributed by atoms with Gasteiger partial charge in [-0.25, -0.2) is 0 Å². The Morgan fingerprint density at radius 3 is 2.55 bits per heavy atom. The highest BCUT2D eigenvalue weighted by atomic mass is 32.3. The molecule has 1 saturated heterocycles. The van der Waals surface area contributed by atoms with Gasteiger partial charge in [-0.2, -0.15) is 8.42 Å². The second-order valence-electron chi connectivity index (χ2n) is 5.16. The van der Waals surface area contributed by atoms with Crippen LogP contribution in [0.2, 0.25) is 0 Å². The zero-order valence-corrected chi connectivity index (χ0v) is 12.1. The molecule has 1 aliphatic heterocycles. The first kappa shape index (κ1) is 15.0. The maximum Gasteiger partial charge on any atom is 0.302 e. The van der Waals surface area contributed by atoms with Gasteiger partial charge in [0.25, 0.3) is 0 Å². The van der Waals surface area contributed by atoms with Gasteiger partial charge < -0.3 is 4.90 Å². The summed E-state index contributed by atoms with van der Waals surface area (Å²) in [5.74, 6) is -1.12. The molecule has 1 heterocycles. The molecular weight excluding hydrogens is 281 g/mol. The van der Waals surface area contributed by atoms with Gasteiger partial charge in [-0.05, 0) is 12.0 Å². The molecule has 1 aliphatic rings. The molecule has 6 heteroatoms. The van der Waals surface area contributed by atoms with Gasteiger partial charge in [0.1, 0.15) is 0 Å². The van der Waals surface area contributed by atoms with Gasteiger partial charge >= 0.3 is 10.2 Å². The lowest BCUT2D eigenvalue weighted by Gasteiger charge is -2.27. The number of likely N-dealkylation sites (tertiary alicyclic amines) is 1. The van der Waals surface area contributed by atoms with Crippen molar-refractivity contribution in [3.8, 4) is 0 Å². The third-order valence-corrected chi connectivity index (χ3v) is 4.49. The number of carbonyl (C=O) groups is 1. The molecule has 1 amide bonds. The van der Waals surface area contributed by atoms with Gasteiger partial charge in [0.15, 0.2) is 0 Å². The molecule has 2 rings (SSSR count). The van der Waals surface area contributed by atoms with Crippen LogP contribution in [0.3, 0.4) is 0 Å². The molecule has 0 aromatic heterocycles. The van der Waals surface area contributed by atoms with Crippen LogP contribution in [-0.2, 0) is 15.0 Å². The van der Waals surface area contributed by atoms with Crippen LogP contribution in [-0.4, -0.2) is 31.5 Å². The Labute approximate surface area is 118 Å². The van der Waals surface area contributed by atoms with Crippen LogP contribution in [0.15, 0.2) is 30.3 Å². The van der Waals surface area contributed by atoms with Gasteiger partial charge in [0, 0.05) is 18.9 Å². The summed E-state index contributed by atoms with van der Waals surface area (Å²) in [6, 6.07) is 9.53. The van der Waals surface area contributed by atoms with E-state index in [1.54, 1.807) is 4.90 Å². The maximum absolute atomic E-state index is 12.7. The number of rotatable bonds is 5. The van der Waals surface area contributed by atoms with E-state index in [9.17, 15) is 17.1 Å². The first-order valence-corrected chi connectivity index (χ1v) is 8.22. The van der Waals surface area contributed by atoms with Crippen LogP contribution >= 0.6 is 0 Å². The van der Waals surface area contributed by atoms with Gasteiger partial charge in [-0.15, -0.1) is 3.89 Å². The van der Waals surface area contributed by atoms with E-state index in [0.29, 0.717) is 6.54 Å². The van der Waals surface area contributed by atoms with Crippen LogP contribution in [0.4, 0.5) is 3.89 Å². The molecule has 1 aromatic carbocycles. The molecule has 0 radical (unpaired) electrons. The Morgan fingerprint density at radius 2 is 2.00 bits per heavy atom. The van der Waals surface area contributed by atoms with Crippen LogP contribution in [0.1, 0.15) is 31.4 Å². The quantitative estimate of drug-likeness (QED) is 0.784. The summed E-state index contributed by atoms with van der Waals surface area (Å²) in [5.41, 5.74) is 1.02. The topological polar surface area (TPSA) is 54.5 Å². The highest BCUT2D eigenvalue weighted by molar-refractivity contribution is 7.86. The van der Waals surface area contributed by atoms with Crippen molar-refractivity contribution in [1.29, 1.82) is 0 Å². The molecule has 2 unspecified atom stereocenters. The number of nitrogens with zero attached hydrogens (tertiary/aromatic N) is 1. The minimum atomic E-state index is -4.53. The summed E-state index contributed by atoms with van der Waals surface area (Å²) >= 11 is 0. The van der Waals surface area contributed by atoms with Crippen LogP contribution < -0.4 is 0 Å². The van der Waals surface area contributed by atoms with Crippen molar-refractivity contribution in [1.82, 2.24) is 4.90 Å². The minimum Gasteiger partial charge on any atom is -0.335 e. The van der Waals surface area contributed by atoms with Gasteiger partial charge in [-0.1, -0.05) is 37.3 Å². The normalized spacial score (nSPS) is 21.2. The van der Waals surface area contributed by atoms with E-state index < -0.39 is 21.9 Å². The van der Waals surface area contributed by atoms with Crippen LogP contribution in [0.25, 0.3) is 0 Å². The second-order valence-corrected chi connectivity index (χ2v) is 6.57. The zero-order chi connectivity index (χ0) is 14.8. The molecule has 4 nitrogen and oxygen atoms in total. The largest absolute Gasteiger partial charge is 0.335 e. The Bertz CT molecular complexity index is 573. The average molecular weight is 299 g/mol. The van der Waals surface area contributed by atoms with Crippen molar-refractivity contribution in [2.24, 2.45) is 5.92 Å². The molecule has 0 saturated carbocycles. The maximum atomic E-state index is 12.7. The molecule has 0 N–H and O–H groups in total. The summed E-state index contributed by atoms with van der Waals surface area (Å²) in [4.78, 5) is 13.7. The molecular formula is C14H18FNO3S. The molecule has 0 bridgehead atoms. The van der Waals surface area contributed by atoms with Crippen molar-refractivity contribution in [3.05, 3.63) is 35.9 Å². The highest BCUT2D eigenvalue weighted by Crippen LogP contribution is 2.31. The smallest absolute Gasteiger partial charge is 0.302 e. The fourth-order valence-corrected chi connectivity index (χ4v) is 3.60. The van der Waals surface area contributed by atoms with E-state index in [1.165, 1.54) is 0 Å². The molecule has 110 valence electrons. The highest BCUT2D eigenvalue weighted by Gasteiger charge is 2.36. The lowest BCUT2D eigenvalue weighted by atomic mass is 10.0. The summed E-state index contributed by atoms with van der Waals surface area (Å²) in [5, 5.41) is 0. The predicted octanol–water partition coefficient (Wildman–Crippen LogP) is 2.29. The molecule has 20 heavy (non-hydrogen) atoms. The third-order valence-electron chi connectivity index (χ3n) is 3.62. The number of hydrogen-bond acceptors (Lipinski definition) is 3. The molecule has 0 aliphatic carbocycles. The van der Waals surface area contributed by atoms with E-state index in [-0.39, 0.29) is 18.4 Å². The van der Waals surface area contributed by atoms with Crippen molar-refractivity contribution in [2.45, 2.75) is 25.8 Å². The van der Waals surface area contributed by atoms with Crippen molar-refractivity contribution >= 4 is 16.1 Å². The summed E-state index contributed by atoms with van der Waals surface area (Å²) in [6.45, 7) is 2.28. The van der Waals surface area contributed by atoms with Crippen molar-refractivity contribution < 1.29 is 17.1 Å². The molecule has 1 aromatic rings. The number of carbonyl (C=O) groups excluding carboxylic acids is 1. The summed E-state index contributed by atoms with van der Waals surface area (Å²) < 4.78 is 34.2. The number of halogens is 1. The number of hydrogen-bond donors (Lipinski definition) is 0. The van der Waals surface area contributed by atoms with Crippen molar-refractivity contribution in [2.75, 3.05) is 12.3 Å². The van der Waals surface area contributed by atoms with E-state index in [0.717, 1.165) is 12.0 Å². The van der Waals surface area contributed by atoms with E-state index in [4.69, 9.17) is 0 Å². The number of benzene rings is 1. The molecule has 1 fully saturated rings. The second kappa shape index (κ2) is 5.91. The van der Waals surface area contributed by atoms with E-state index >= 15 is 0 Å². The monoisotopic (exact) mass is 299 g/mol. The fraction of sp³-hybridized carbons (Fsp3) is 0.500. The first-order chi connectivity index (χ1) is 9.40. The standard InChI is InChI=1S/C14H18FNO3S/c1-2-13(12-6-4-3-5-7-12)16-9-11(8-14(16)17)10-20(15,18)19/h3-7,11,13H,2,8-10H2,1H3. The van der Waals surface area contributed by atoms with Gasteiger partial charge in [0.05, 0.1) is 11.8 Å². The predicted molar refractivity (Wildman–Crippen MR) is 74.2 cm³/mol. The fourth-order valence-electron chi connectivity index (χ4n) is 2.81. The number of amides is 1. The molecule has 2 atom stereocenters. The SMILES string of the molecule is CCC(c1ccccc1)N1CC(CS(=O)(=O)F)CC1=O. The van der Waals surface area contributed by atoms with Gasteiger partial charge in [-0.3, -0.25) is 4.79 Å². The summed E-state index contributed by atoms with van der Waals surface area (Å²) in [7, 11) is -4.53. The van der Waals surface area contributed by atoms with Crippen molar-refractivity contribution in [3.63, 3.8) is 0 Å². The molecule has 0 spiro atoms. The van der Waals surface area contributed by atoms with E-state index in [1.807, 2.05) is 37.3 Å². The minimum absolute atomic E-state index is 0.0731. The Kier molecular flexibility index (Phi) is 4.42. The lowest BCUT2D eigenvalue weighted by molar-refractivity contribution is -0.129. The summed E-state index contributed by atoms with van der Waals surface area (Å²) in [6.07, 6.45) is 0.845. The Hall–Kier alpha value is -1.43. The average Bonchev–Trinajstić information content (AvgIpc) is 2.70. The van der Waals surface area contributed by atoms with Crippen LogP contribution in [0, 0.1) is 5.92 Å². The lowest BCUT2D eigenvalue weighted by Crippen LogP contribution is -2.30. The third kappa shape index (κ3) is 3.56.